The Morgan fingerprint density at radius 3 is 2.88 bits per heavy atom. The Balaban J connectivity index is 1.51. The Morgan fingerprint density at radius 2 is 2.12 bits per heavy atom. The molecule has 2 aliphatic heterocycles. The number of nitrogens with zero attached hydrogens (tertiary/aromatic N) is 1. The van der Waals surface area contributed by atoms with Crippen molar-refractivity contribution in [3.8, 4) is 0 Å². The van der Waals surface area contributed by atoms with Gasteiger partial charge in [0.2, 0.25) is 0 Å². The van der Waals surface area contributed by atoms with Crippen LogP contribution in [0.5, 0.6) is 0 Å². The van der Waals surface area contributed by atoms with Gasteiger partial charge in [-0.2, -0.15) is 0 Å². The van der Waals surface area contributed by atoms with Crippen molar-refractivity contribution >= 4 is 0 Å². The van der Waals surface area contributed by atoms with Gasteiger partial charge in [0.15, 0.2) is 0 Å². The zero-order chi connectivity index (χ0) is 11.7. The second kappa shape index (κ2) is 5.25. The minimum atomic E-state index is 0.577. The van der Waals surface area contributed by atoms with Gasteiger partial charge in [0.25, 0.3) is 0 Å². The molecule has 1 aliphatic carbocycles. The molecule has 2 heterocycles. The predicted molar refractivity (Wildman–Crippen MR) is 69.1 cm³/mol. The van der Waals surface area contributed by atoms with Crippen LogP contribution in [0.1, 0.15) is 32.6 Å². The first-order valence-corrected chi connectivity index (χ1v) is 7.45. The molecule has 3 nitrogen and oxygen atoms in total. The highest BCUT2D eigenvalue weighted by Gasteiger charge is 2.44. The summed E-state index contributed by atoms with van der Waals surface area (Å²) in [6.45, 7) is 8.10. The van der Waals surface area contributed by atoms with E-state index >= 15 is 0 Å². The van der Waals surface area contributed by atoms with E-state index < -0.39 is 0 Å². The highest BCUT2D eigenvalue weighted by Crippen LogP contribution is 2.41. The van der Waals surface area contributed by atoms with E-state index in [0.717, 1.165) is 31.0 Å². The van der Waals surface area contributed by atoms with Crippen LogP contribution < -0.4 is 5.32 Å². The fraction of sp³-hybridized carbons (Fsp3) is 1.00. The molecule has 0 aromatic rings. The summed E-state index contributed by atoms with van der Waals surface area (Å²) in [6, 6.07) is 0.745. The van der Waals surface area contributed by atoms with Crippen LogP contribution in [0, 0.1) is 11.8 Å². The van der Waals surface area contributed by atoms with Gasteiger partial charge in [-0.15, -0.1) is 0 Å². The van der Waals surface area contributed by atoms with Gasteiger partial charge in [0, 0.05) is 19.2 Å². The molecule has 3 atom stereocenters. The predicted octanol–water partition coefficient (Wildman–Crippen LogP) is 1.49. The van der Waals surface area contributed by atoms with Gasteiger partial charge >= 0.3 is 0 Å². The second-order valence-electron chi connectivity index (χ2n) is 5.99. The Bertz CT molecular complexity index is 255. The maximum Gasteiger partial charge on any atom is 0.0759 e. The lowest BCUT2D eigenvalue weighted by Gasteiger charge is -2.28. The van der Waals surface area contributed by atoms with Crippen molar-refractivity contribution in [2.75, 3.05) is 32.8 Å². The number of hydrogen-bond donors (Lipinski definition) is 1. The number of likely N-dealkylation sites (tertiary alicyclic amines) is 1. The number of rotatable bonds is 5. The van der Waals surface area contributed by atoms with E-state index in [-0.39, 0.29) is 0 Å². The molecule has 3 rings (SSSR count). The molecule has 2 saturated heterocycles. The zero-order valence-corrected chi connectivity index (χ0v) is 11.0. The van der Waals surface area contributed by atoms with Crippen molar-refractivity contribution in [1.82, 2.24) is 10.2 Å². The molecular formula is C14H26N2O. The standard InChI is InChI=1S/C14H26N2O/c1-2-15-9-11-5-7-16(10-11)13-6-8-17-14(13)12-3-4-12/h11-15H,2-10H2,1H3. The van der Waals surface area contributed by atoms with Gasteiger partial charge in [0.1, 0.15) is 0 Å². The van der Waals surface area contributed by atoms with Crippen molar-refractivity contribution in [1.29, 1.82) is 0 Å². The summed E-state index contributed by atoms with van der Waals surface area (Å²) in [6.07, 6.45) is 6.05. The molecule has 0 spiro atoms. The lowest BCUT2D eigenvalue weighted by Crippen LogP contribution is -2.41. The van der Waals surface area contributed by atoms with Crippen LogP contribution in [0.15, 0.2) is 0 Å². The summed E-state index contributed by atoms with van der Waals surface area (Å²) >= 11 is 0. The van der Waals surface area contributed by atoms with Crippen LogP contribution in [-0.2, 0) is 4.74 Å². The van der Waals surface area contributed by atoms with Crippen molar-refractivity contribution in [2.45, 2.75) is 44.8 Å². The number of ether oxygens (including phenoxy) is 1. The molecule has 3 aliphatic rings. The van der Waals surface area contributed by atoms with Crippen LogP contribution in [0.25, 0.3) is 0 Å². The summed E-state index contributed by atoms with van der Waals surface area (Å²) < 4.78 is 5.96. The number of hydrogen-bond acceptors (Lipinski definition) is 3. The van der Waals surface area contributed by atoms with Crippen LogP contribution in [0.3, 0.4) is 0 Å². The molecule has 3 heteroatoms. The Kier molecular flexibility index (Phi) is 3.69. The van der Waals surface area contributed by atoms with Crippen molar-refractivity contribution < 1.29 is 4.74 Å². The summed E-state index contributed by atoms with van der Waals surface area (Å²) in [5, 5.41) is 3.49. The Morgan fingerprint density at radius 1 is 1.24 bits per heavy atom. The second-order valence-corrected chi connectivity index (χ2v) is 5.99. The molecule has 1 N–H and O–H groups in total. The van der Waals surface area contributed by atoms with Crippen molar-refractivity contribution in [3.63, 3.8) is 0 Å². The third-order valence-corrected chi connectivity index (χ3v) is 4.66. The highest BCUT2D eigenvalue weighted by molar-refractivity contribution is 4.96. The minimum Gasteiger partial charge on any atom is -0.376 e. The largest absolute Gasteiger partial charge is 0.376 e. The van der Waals surface area contributed by atoms with Gasteiger partial charge in [-0.05, 0) is 57.2 Å². The molecule has 0 aromatic carbocycles. The summed E-state index contributed by atoms with van der Waals surface area (Å²) in [4.78, 5) is 2.72. The van der Waals surface area contributed by atoms with Gasteiger partial charge in [-0.25, -0.2) is 0 Å². The lowest BCUT2D eigenvalue weighted by atomic mass is 10.0. The fourth-order valence-electron chi connectivity index (χ4n) is 3.54. The summed E-state index contributed by atoms with van der Waals surface area (Å²) in [5.74, 6) is 1.77. The smallest absolute Gasteiger partial charge is 0.0759 e. The third kappa shape index (κ3) is 2.67. The Labute approximate surface area is 105 Å². The molecule has 0 amide bonds. The fourth-order valence-corrected chi connectivity index (χ4v) is 3.54. The SMILES string of the molecule is CCNCC1CCN(C2CCOC2C2CC2)C1. The van der Waals surface area contributed by atoms with Crippen LogP contribution in [0.2, 0.25) is 0 Å². The first-order valence-electron chi connectivity index (χ1n) is 7.45. The van der Waals surface area contributed by atoms with E-state index in [2.05, 4.69) is 17.1 Å². The monoisotopic (exact) mass is 238 g/mol. The van der Waals surface area contributed by atoms with Gasteiger partial charge in [-0.3, -0.25) is 4.90 Å². The van der Waals surface area contributed by atoms with Crippen molar-refractivity contribution in [3.05, 3.63) is 0 Å². The average Bonchev–Trinajstić information content (AvgIpc) is 2.91. The molecule has 17 heavy (non-hydrogen) atoms. The summed E-state index contributed by atoms with van der Waals surface area (Å²) in [7, 11) is 0. The quantitative estimate of drug-likeness (QED) is 0.785. The van der Waals surface area contributed by atoms with Gasteiger partial charge in [0.05, 0.1) is 6.10 Å². The average molecular weight is 238 g/mol. The van der Waals surface area contributed by atoms with Crippen LogP contribution >= 0.6 is 0 Å². The lowest BCUT2D eigenvalue weighted by molar-refractivity contribution is 0.0520. The molecule has 0 bridgehead atoms. The molecule has 0 radical (unpaired) electrons. The summed E-state index contributed by atoms with van der Waals surface area (Å²) in [5.41, 5.74) is 0. The molecule has 3 fully saturated rings. The van der Waals surface area contributed by atoms with Crippen LogP contribution in [0.4, 0.5) is 0 Å². The zero-order valence-electron chi connectivity index (χ0n) is 11.0. The molecule has 98 valence electrons. The normalized spacial score (nSPS) is 39.0. The molecular weight excluding hydrogens is 212 g/mol. The molecule has 3 unspecified atom stereocenters. The first-order chi connectivity index (χ1) is 8.38. The highest BCUT2D eigenvalue weighted by atomic mass is 16.5. The van der Waals surface area contributed by atoms with E-state index in [9.17, 15) is 0 Å². The van der Waals surface area contributed by atoms with Gasteiger partial charge in [-0.1, -0.05) is 6.92 Å². The minimum absolute atomic E-state index is 0.577. The van der Waals surface area contributed by atoms with E-state index in [4.69, 9.17) is 4.74 Å². The Hall–Kier alpha value is -0.120. The van der Waals surface area contributed by atoms with Crippen LogP contribution in [-0.4, -0.2) is 49.8 Å². The molecule has 0 aromatic heterocycles. The van der Waals surface area contributed by atoms with Crippen molar-refractivity contribution in [2.24, 2.45) is 11.8 Å². The first kappa shape index (κ1) is 11.9. The van der Waals surface area contributed by atoms with E-state index in [0.29, 0.717) is 6.10 Å². The van der Waals surface area contributed by atoms with E-state index in [1.807, 2.05) is 0 Å². The van der Waals surface area contributed by atoms with E-state index in [1.165, 1.54) is 45.3 Å². The topological polar surface area (TPSA) is 24.5 Å². The van der Waals surface area contributed by atoms with Gasteiger partial charge < -0.3 is 10.1 Å². The third-order valence-electron chi connectivity index (χ3n) is 4.66. The van der Waals surface area contributed by atoms with E-state index in [1.54, 1.807) is 0 Å². The maximum absolute atomic E-state index is 5.96. The number of nitrogens with one attached hydrogen (secondary N) is 1. The maximum atomic E-state index is 5.96. The molecule has 1 saturated carbocycles.